The molecule has 0 amide bonds. The fraction of sp³-hybridized carbons (Fsp3) is 0. The molecule has 0 aliphatic carbocycles. The Labute approximate surface area is 97.8 Å². The van der Waals surface area contributed by atoms with Crippen LogP contribution < -0.4 is 0 Å². The third-order valence-electron chi connectivity index (χ3n) is 2.34. The van der Waals surface area contributed by atoms with Crippen molar-refractivity contribution >= 4 is 5.97 Å². The van der Waals surface area contributed by atoms with E-state index in [0.717, 1.165) is 0 Å². The number of carboxylic acids is 1. The SMILES string of the molecule is N#Cc1ccccc1-c1cncc(C(=O)O)c1. The molecule has 0 saturated carbocycles. The Morgan fingerprint density at radius 3 is 2.76 bits per heavy atom. The summed E-state index contributed by atoms with van der Waals surface area (Å²) in [6, 6.07) is 10.6. The second kappa shape index (κ2) is 4.45. The van der Waals surface area contributed by atoms with Crippen LogP contribution in [0, 0.1) is 11.3 Å². The lowest BCUT2D eigenvalue weighted by Gasteiger charge is -2.04. The molecule has 0 saturated heterocycles. The lowest BCUT2D eigenvalue weighted by molar-refractivity contribution is 0.0696. The van der Waals surface area contributed by atoms with Crippen molar-refractivity contribution in [3.63, 3.8) is 0 Å². The third kappa shape index (κ3) is 2.13. The number of rotatable bonds is 2. The minimum atomic E-state index is -1.03. The molecule has 1 N–H and O–H groups in total. The van der Waals surface area contributed by atoms with Gasteiger partial charge in [0.05, 0.1) is 17.2 Å². The number of carbonyl (C=O) groups is 1. The highest BCUT2D eigenvalue weighted by Crippen LogP contribution is 2.23. The molecule has 82 valence electrons. The number of nitrogens with zero attached hydrogens (tertiary/aromatic N) is 2. The summed E-state index contributed by atoms with van der Waals surface area (Å²) < 4.78 is 0. The van der Waals surface area contributed by atoms with Gasteiger partial charge in [-0.05, 0) is 12.1 Å². The maximum absolute atomic E-state index is 10.8. The Bertz CT molecular complexity index is 615. The number of aromatic carboxylic acids is 1. The van der Waals surface area contributed by atoms with Crippen molar-refractivity contribution in [2.75, 3.05) is 0 Å². The summed E-state index contributed by atoms with van der Waals surface area (Å²) in [5.41, 5.74) is 1.92. The van der Waals surface area contributed by atoms with Crippen LogP contribution in [0.2, 0.25) is 0 Å². The van der Waals surface area contributed by atoms with Gasteiger partial charge in [0.1, 0.15) is 0 Å². The monoisotopic (exact) mass is 224 g/mol. The molecule has 0 radical (unpaired) electrons. The van der Waals surface area contributed by atoms with Gasteiger partial charge in [0.15, 0.2) is 0 Å². The topological polar surface area (TPSA) is 74.0 Å². The molecule has 0 unspecified atom stereocenters. The Kier molecular flexibility index (Phi) is 2.84. The van der Waals surface area contributed by atoms with Gasteiger partial charge in [0, 0.05) is 23.5 Å². The number of nitriles is 1. The molecule has 17 heavy (non-hydrogen) atoms. The highest BCUT2D eigenvalue weighted by atomic mass is 16.4. The summed E-state index contributed by atoms with van der Waals surface area (Å²) in [7, 11) is 0. The standard InChI is InChI=1S/C13H8N2O2/c14-6-9-3-1-2-4-12(9)10-5-11(13(16)17)8-15-7-10/h1-5,7-8H,(H,16,17). The van der Waals surface area contributed by atoms with E-state index < -0.39 is 5.97 Å². The summed E-state index contributed by atoms with van der Waals surface area (Å²) in [6.45, 7) is 0. The molecule has 0 bridgehead atoms. The van der Waals surface area contributed by atoms with Gasteiger partial charge in [-0.1, -0.05) is 18.2 Å². The molecule has 4 heteroatoms. The highest BCUT2D eigenvalue weighted by Gasteiger charge is 2.08. The van der Waals surface area contributed by atoms with Crippen LogP contribution in [0.5, 0.6) is 0 Å². The maximum Gasteiger partial charge on any atom is 0.337 e. The zero-order valence-corrected chi connectivity index (χ0v) is 8.79. The first kappa shape index (κ1) is 10.8. The molecule has 0 spiro atoms. The van der Waals surface area contributed by atoms with E-state index >= 15 is 0 Å². The van der Waals surface area contributed by atoms with Crippen molar-refractivity contribution in [3.8, 4) is 17.2 Å². The fourth-order valence-electron chi connectivity index (χ4n) is 1.54. The molecule has 1 aromatic carbocycles. The van der Waals surface area contributed by atoms with Gasteiger partial charge < -0.3 is 5.11 Å². The molecular weight excluding hydrogens is 216 g/mol. The van der Waals surface area contributed by atoms with Crippen LogP contribution in [0.3, 0.4) is 0 Å². The molecule has 2 rings (SSSR count). The number of hydrogen-bond acceptors (Lipinski definition) is 3. The minimum absolute atomic E-state index is 0.107. The van der Waals surface area contributed by atoms with E-state index in [4.69, 9.17) is 10.4 Å². The largest absolute Gasteiger partial charge is 0.478 e. The van der Waals surface area contributed by atoms with Crippen LogP contribution in [0.15, 0.2) is 42.7 Å². The van der Waals surface area contributed by atoms with Crippen molar-refractivity contribution < 1.29 is 9.90 Å². The Balaban J connectivity index is 2.57. The zero-order chi connectivity index (χ0) is 12.3. The van der Waals surface area contributed by atoms with Gasteiger partial charge in [0.25, 0.3) is 0 Å². The highest BCUT2D eigenvalue weighted by molar-refractivity contribution is 5.89. The second-order valence-electron chi connectivity index (χ2n) is 3.42. The van der Waals surface area contributed by atoms with Crippen LogP contribution >= 0.6 is 0 Å². The van der Waals surface area contributed by atoms with E-state index in [2.05, 4.69) is 11.1 Å². The predicted octanol–water partition coefficient (Wildman–Crippen LogP) is 2.32. The number of aromatic nitrogens is 1. The van der Waals surface area contributed by atoms with Gasteiger partial charge in [0.2, 0.25) is 0 Å². The average Bonchev–Trinajstić information content (AvgIpc) is 2.39. The zero-order valence-electron chi connectivity index (χ0n) is 8.79. The molecule has 4 nitrogen and oxygen atoms in total. The molecule has 0 fully saturated rings. The Hall–Kier alpha value is -2.67. The Morgan fingerprint density at radius 1 is 1.29 bits per heavy atom. The van der Waals surface area contributed by atoms with Gasteiger partial charge in [-0.2, -0.15) is 5.26 Å². The molecule has 1 aromatic heterocycles. The first-order valence-corrected chi connectivity index (χ1v) is 4.90. The van der Waals surface area contributed by atoms with Crippen LogP contribution in [0.25, 0.3) is 11.1 Å². The van der Waals surface area contributed by atoms with Crippen LogP contribution in [-0.4, -0.2) is 16.1 Å². The summed E-state index contributed by atoms with van der Waals surface area (Å²) in [5.74, 6) is -1.03. The van der Waals surface area contributed by atoms with Crippen molar-refractivity contribution in [1.29, 1.82) is 5.26 Å². The maximum atomic E-state index is 10.8. The van der Waals surface area contributed by atoms with Crippen molar-refractivity contribution in [3.05, 3.63) is 53.9 Å². The van der Waals surface area contributed by atoms with Crippen molar-refractivity contribution in [2.24, 2.45) is 0 Å². The van der Waals surface area contributed by atoms with E-state index in [1.165, 1.54) is 12.3 Å². The number of pyridine rings is 1. The minimum Gasteiger partial charge on any atom is -0.478 e. The Morgan fingerprint density at radius 2 is 2.06 bits per heavy atom. The number of carboxylic acid groups (broad SMARTS) is 1. The summed E-state index contributed by atoms with van der Waals surface area (Å²) >= 11 is 0. The lowest BCUT2D eigenvalue weighted by Crippen LogP contribution is -1.97. The first-order chi connectivity index (χ1) is 8.22. The normalized spacial score (nSPS) is 9.59. The van der Waals surface area contributed by atoms with Crippen LogP contribution in [0.4, 0.5) is 0 Å². The molecule has 1 heterocycles. The first-order valence-electron chi connectivity index (χ1n) is 4.90. The smallest absolute Gasteiger partial charge is 0.337 e. The average molecular weight is 224 g/mol. The van der Waals surface area contributed by atoms with E-state index in [1.54, 1.807) is 30.5 Å². The summed E-state index contributed by atoms with van der Waals surface area (Å²) in [5, 5.41) is 17.8. The van der Waals surface area contributed by atoms with Crippen LogP contribution in [0.1, 0.15) is 15.9 Å². The molecule has 0 atom stereocenters. The summed E-state index contributed by atoms with van der Waals surface area (Å²) in [4.78, 5) is 14.7. The molecule has 0 aliphatic heterocycles. The van der Waals surface area contributed by atoms with E-state index in [-0.39, 0.29) is 5.56 Å². The molecule has 0 aliphatic rings. The van der Waals surface area contributed by atoms with Gasteiger partial charge >= 0.3 is 5.97 Å². The number of benzene rings is 1. The molecule has 2 aromatic rings. The number of hydrogen-bond donors (Lipinski definition) is 1. The van der Waals surface area contributed by atoms with E-state index in [9.17, 15) is 4.79 Å². The van der Waals surface area contributed by atoms with E-state index in [0.29, 0.717) is 16.7 Å². The van der Waals surface area contributed by atoms with Gasteiger partial charge in [-0.25, -0.2) is 4.79 Å². The van der Waals surface area contributed by atoms with Crippen molar-refractivity contribution in [1.82, 2.24) is 4.98 Å². The molecular formula is C13H8N2O2. The lowest BCUT2D eigenvalue weighted by atomic mass is 10.0. The van der Waals surface area contributed by atoms with Crippen LogP contribution in [-0.2, 0) is 0 Å². The van der Waals surface area contributed by atoms with Crippen molar-refractivity contribution in [2.45, 2.75) is 0 Å². The van der Waals surface area contributed by atoms with E-state index in [1.807, 2.05) is 0 Å². The quantitative estimate of drug-likeness (QED) is 0.849. The fourth-order valence-corrected chi connectivity index (χ4v) is 1.54. The van der Waals surface area contributed by atoms with Gasteiger partial charge in [-0.15, -0.1) is 0 Å². The second-order valence-corrected chi connectivity index (χ2v) is 3.42. The van der Waals surface area contributed by atoms with Gasteiger partial charge in [-0.3, -0.25) is 4.98 Å². The predicted molar refractivity (Wildman–Crippen MR) is 61.3 cm³/mol. The third-order valence-corrected chi connectivity index (χ3v) is 2.34. The summed E-state index contributed by atoms with van der Waals surface area (Å²) in [6.07, 6.45) is 2.82.